The zero-order chi connectivity index (χ0) is 18.2. The number of nitrogens with one attached hydrogen (secondary N) is 1. The number of para-hydroxylation sites is 1. The fraction of sp³-hybridized carbons (Fsp3) is 0.100. The Morgan fingerprint density at radius 2 is 1.85 bits per heavy atom. The van der Waals surface area contributed by atoms with E-state index in [2.05, 4.69) is 56.8 Å². The van der Waals surface area contributed by atoms with Gasteiger partial charge < -0.3 is 5.32 Å². The third kappa shape index (κ3) is 2.82. The zero-order valence-electron chi connectivity index (χ0n) is 14.6. The Labute approximate surface area is 159 Å². The van der Waals surface area contributed by atoms with Crippen LogP contribution >= 0.6 is 11.3 Å². The van der Waals surface area contributed by atoms with Gasteiger partial charge in [-0.05, 0) is 48.2 Å². The van der Waals surface area contributed by atoms with E-state index in [-0.39, 0.29) is 6.04 Å². The molecule has 0 aliphatic carbocycles. The van der Waals surface area contributed by atoms with E-state index >= 15 is 0 Å². The Kier molecular flexibility index (Phi) is 3.79. The Balaban J connectivity index is 1.42. The van der Waals surface area contributed by atoms with Crippen LogP contribution in [0.5, 0.6) is 0 Å². The second-order valence-corrected chi connectivity index (χ2v) is 7.20. The number of aromatic nitrogens is 5. The smallest absolute Gasteiger partial charge is 0.138 e. The molecule has 5 rings (SSSR count). The topological polar surface area (TPSA) is 68.5 Å². The van der Waals surface area contributed by atoms with Crippen molar-refractivity contribution in [1.82, 2.24) is 25.0 Å². The van der Waals surface area contributed by atoms with Crippen LogP contribution in [-0.2, 0) is 0 Å². The first-order valence-electron chi connectivity index (χ1n) is 8.65. The summed E-state index contributed by atoms with van der Waals surface area (Å²) in [5.41, 5.74) is 4.05. The normalized spacial score (nSPS) is 12.5. The molecule has 0 radical (unpaired) electrons. The molecule has 2 aromatic carbocycles. The third-order valence-electron chi connectivity index (χ3n) is 4.60. The van der Waals surface area contributed by atoms with E-state index in [4.69, 9.17) is 0 Å². The summed E-state index contributed by atoms with van der Waals surface area (Å²) < 4.78 is 1.86. The van der Waals surface area contributed by atoms with E-state index in [1.165, 1.54) is 5.56 Å². The molecule has 0 amide bonds. The summed E-state index contributed by atoms with van der Waals surface area (Å²) in [6, 6.07) is 18.5. The van der Waals surface area contributed by atoms with Crippen LogP contribution in [-0.4, -0.2) is 25.0 Å². The van der Waals surface area contributed by atoms with Crippen molar-refractivity contribution in [2.24, 2.45) is 0 Å². The lowest BCUT2D eigenvalue weighted by molar-refractivity contribution is 0.820. The summed E-state index contributed by atoms with van der Waals surface area (Å²) in [6.45, 7) is 2.13. The van der Waals surface area contributed by atoms with Crippen LogP contribution in [0, 0.1) is 0 Å². The van der Waals surface area contributed by atoms with Crippen LogP contribution in [0.1, 0.15) is 18.5 Å². The molecule has 0 saturated carbocycles. The molecule has 1 unspecified atom stereocenters. The van der Waals surface area contributed by atoms with Crippen LogP contribution in [0.2, 0.25) is 0 Å². The van der Waals surface area contributed by atoms with Gasteiger partial charge in [0.25, 0.3) is 0 Å². The fourth-order valence-electron chi connectivity index (χ4n) is 3.16. The fourth-order valence-corrected chi connectivity index (χ4v) is 3.89. The number of fused-ring (bicyclic) bond motifs is 2. The number of thiophene rings is 1. The first-order valence-corrected chi connectivity index (χ1v) is 9.53. The maximum Gasteiger partial charge on any atom is 0.138 e. The van der Waals surface area contributed by atoms with Gasteiger partial charge in [0.15, 0.2) is 0 Å². The van der Waals surface area contributed by atoms with Gasteiger partial charge in [-0.1, -0.05) is 29.5 Å². The highest BCUT2D eigenvalue weighted by molar-refractivity contribution is 7.16. The molecule has 0 aliphatic heterocycles. The Morgan fingerprint density at radius 1 is 1.00 bits per heavy atom. The van der Waals surface area contributed by atoms with Crippen LogP contribution in [0.15, 0.2) is 66.3 Å². The molecule has 0 spiro atoms. The summed E-state index contributed by atoms with van der Waals surface area (Å²) in [5.74, 6) is 0.861. The molecule has 0 bridgehead atoms. The number of hydrogen-bond donors (Lipinski definition) is 1. The molecule has 132 valence electrons. The zero-order valence-corrected chi connectivity index (χ0v) is 15.4. The summed E-state index contributed by atoms with van der Waals surface area (Å²) in [4.78, 5) is 9.69. The summed E-state index contributed by atoms with van der Waals surface area (Å²) in [6.07, 6.45) is 1.60. The molecule has 7 heteroatoms. The van der Waals surface area contributed by atoms with Gasteiger partial charge in [-0.2, -0.15) is 0 Å². The summed E-state index contributed by atoms with van der Waals surface area (Å²) >= 11 is 1.62. The number of anilines is 1. The molecular formula is C20H16N6S. The highest BCUT2D eigenvalue weighted by Gasteiger charge is 2.11. The van der Waals surface area contributed by atoms with Gasteiger partial charge in [-0.15, -0.1) is 16.4 Å². The highest BCUT2D eigenvalue weighted by Crippen LogP contribution is 2.27. The van der Waals surface area contributed by atoms with Gasteiger partial charge in [-0.3, -0.25) is 0 Å². The monoisotopic (exact) mass is 372 g/mol. The van der Waals surface area contributed by atoms with E-state index < -0.39 is 0 Å². The second-order valence-electron chi connectivity index (χ2n) is 6.31. The summed E-state index contributed by atoms with van der Waals surface area (Å²) in [5, 5.41) is 15.1. The van der Waals surface area contributed by atoms with Crippen LogP contribution in [0.3, 0.4) is 0 Å². The number of hydrogen-bond acceptors (Lipinski definition) is 6. The van der Waals surface area contributed by atoms with E-state index in [0.717, 1.165) is 32.8 Å². The molecule has 0 aliphatic rings. The van der Waals surface area contributed by atoms with Gasteiger partial charge in [0.1, 0.15) is 22.5 Å². The van der Waals surface area contributed by atoms with Crippen molar-refractivity contribution in [1.29, 1.82) is 0 Å². The van der Waals surface area contributed by atoms with Crippen molar-refractivity contribution in [2.45, 2.75) is 13.0 Å². The van der Waals surface area contributed by atoms with E-state index in [1.54, 1.807) is 17.7 Å². The lowest BCUT2D eigenvalue weighted by atomic mass is 10.1. The SMILES string of the molecule is CC(Nc1ncnc2sccc12)c1ccc(-n2nnc3ccccc32)cc1. The molecule has 0 fully saturated rings. The van der Waals surface area contributed by atoms with Crippen LogP contribution in [0.25, 0.3) is 26.9 Å². The minimum atomic E-state index is 0.115. The van der Waals surface area contributed by atoms with Crippen molar-refractivity contribution < 1.29 is 0 Å². The first-order chi connectivity index (χ1) is 13.3. The minimum Gasteiger partial charge on any atom is -0.363 e. The van der Waals surface area contributed by atoms with Crippen LogP contribution in [0.4, 0.5) is 5.82 Å². The average Bonchev–Trinajstić information content (AvgIpc) is 3.36. The van der Waals surface area contributed by atoms with Crippen molar-refractivity contribution in [3.05, 3.63) is 71.9 Å². The molecule has 27 heavy (non-hydrogen) atoms. The van der Waals surface area contributed by atoms with Crippen molar-refractivity contribution in [2.75, 3.05) is 5.32 Å². The summed E-state index contributed by atoms with van der Waals surface area (Å²) in [7, 11) is 0. The van der Waals surface area contributed by atoms with Gasteiger partial charge in [0.2, 0.25) is 0 Å². The average molecular weight is 372 g/mol. The molecule has 1 atom stereocenters. The first kappa shape index (κ1) is 15.9. The minimum absolute atomic E-state index is 0.115. The van der Waals surface area contributed by atoms with Crippen molar-refractivity contribution >= 4 is 38.4 Å². The van der Waals surface area contributed by atoms with Crippen molar-refractivity contribution in [3.8, 4) is 5.69 Å². The third-order valence-corrected chi connectivity index (χ3v) is 5.43. The standard InChI is InChI=1S/C20H16N6S/c1-13(23-19-16-10-11-27-20(16)22-12-21-19)14-6-8-15(9-7-14)26-18-5-3-2-4-17(18)24-25-26/h2-13H,1H3,(H,21,22,23). The number of nitrogens with zero attached hydrogens (tertiary/aromatic N) is 5. The van der Waals surface area contributed by atoms with E-state index in [9.17, 15) is 0 Å². The molecular weight excluding hydrogens is 356 g/mol. The maximum atomic E-state index is 4.40. The Hall–Kier alpha value is -3.32. The predicted octanol–water partition coefficient (Wildman–Crippen LogP) is 4.60. The highest BCUT2D eigenvalue weighted by atomic mass is 32.1. The predicted molar refractivity (Wildman–Crippen MR) is 108 cm³/mol. The Morgan fingerprint density at radius 3 is 2.74 bits per heavy atom. The number of benzene rings is 2. The largest absolute Gasteiger partial charge is 0.363 e. The Bertz CT molecular complexity index is 1220. The second kappa shape index (κ2) is 6.44. The number of rotatable bonds is 4. The maximum absolute atomic E-state index is 4.40. The quantitative estimate of drug-likeness (QED) is 0.499. The van der Waals surface area contributed by atoms with Gasteiger partial charge in [0.05, 0.1) is 16.6 Å². The van der Waals surface area contributed by atoms with Gasteiger partial charge in [-0.25, -0.2) is 14.6 Å². The lowest BCUT2D eigenvalue weighted by Crippen LogP contribution is -2.08. The molecule has 3 heterocycles. The molecule has 5 aromatic rings. The van der Waals surface area contributed by atoms with Gasteiger partial charge >= 0.3 is 0 Å². The van der Waals surface area contributed by atoms with Crippen molar-refractivity contribution in [3.63, 3.8) is 0 Å². The van der Waals surface area contributed by atoms with E-state index in [0.29, 0.717) is 0 Å². The lowest BCUT2D eigenvalue weighted by Gasteiger charge is -2.16. The van der Waals surface area contributed by atoms with E-state index in [1.807, 2.05) is 40.4 Å². The molecule has 1 N–H and O–H groups in total. The molecule has 0 saturated heterocycles. The van der Waals surface area contributed by atoms with Crippen LogP contribution < -0.4 is 5.32 Å². The molecule has 6 nitrogen and oxygen atoms in total. The van der Waals surface area contributed by atoms with Gasteiger partial charge in [0, 0.05) is 6.04 Å². The molecule has 3 aromatic heterocycles.